The van der Waals surface area contributed by atoms with Gasteiger partial charge in [0, 0.05) is 31.9 Å². The van der Waals surface area contributed by atoms with Crippen molar-refractivity contribution in [3.05, 3.63) is 65.5 Å². The molecule has 1 aliphatic carbocycles. The lowest BCUT2D eigenvalue weighted by molar-refractivity contribution is -0.123. The third-order valence-corrected chi connectivity index (χ3v) is 5.64. The number of amides is 1. The highest BCUT2D eigenvalue weighted by molar-refractivity contribution is 5.78. The Morgan fingerprint density at radius 2 is 1.78 bits per heavy atom. The number of fused-ring (bicyclic) bond motifs is 1. The first-order chi connectivity index (χ1) is 13.2. The molecule has 1 unspecified atom stereocenters. The van der Waals surface area contributed by atoms with Crippen molar-refractivity contribution in [1.29, 1.82) is 0 Å². The number of aryl methyl sites for hydroxylation is 1. The molecule has 0 radical (unpaired) electrons. The van der Waals surface area contributed by atoms with Gasteiger partial charge in [-0.25, -0.2) is 4.39 Å². The highest BCUT2D eigenvalue weighted by atomic mass is 19.1. The van der Waals surface area contributed by atoms with Crippen molar-refractivity contribution < 1.29 is 9.18 Å². The summed E-state index contributed by atoms with van der Waals surface area (Å²) in [5, 5.41) is 3.24. The van der Waals surface area contributed by atoms with Crippen LogP contribution >= 0.6 is 0 Å². The zero-order chi connectivity index (χ0) is 18.6. The monoisotopic (exact) mass is 367 g/mol. The first-order valence-electron chi connectivity index (χ1n) is 9.79. The van der Waals surface area contributed by atoms with Crippen LogP contribution < -0.4 is 10.2 Å². The number of nitrogens with one attached hydrogen (secondary N) is 1. The molecule has 1 aliphatic heterocycles. The van der Waals surface area contributed by atoms with Gasteiger partial charge in [0.25, 0.3) is 0 Å². The molecular formula is C22H26FN3O. The van der Waals surface area contributed by atoms with Crippen LogP contribution in [0.25, 0.3) is 0 Å². The van der Waals surface area contributed by atoms with Gasteiger partial charge >= 0.3 is 0 Å². The molecule has 1 N–H and O–H groups in total. The second-order valence-electron chi connectivity index (χ2n) is 7.45. The molecule has 4 nitrogen and oxygen atoms in total. The van der Waals surface area contributed by atoms with Gasteiger partial charge < -0.3 is 10.2 Å². The van der Waals surface area contributed by atoms with E-state index in [9.17, 15) is 9.18 Å². The van der Waals surface area contributed by atoms with E-state index in [-0.39, 0.29) is 17.8 Å². The van der Waals surface area contributed by atoms with Crippen LogP contribution in [0.2, 0.25) is 0 Å². The zero-order valence-corrected chi connectivity index (χ0v) is 15.5. The highest BCUT2D eigenvalue weighted by Crippen LogP contribution is 2.29. The lowest BCUT2D eigenvalue weighted by Crippen LogP contribution is -2.50. The van der Waals surface area contributed by atoms with E-state index in [0.717, 1.165) is 51.1 Å². The number of carbonyl (C=O) groups excluding carboxylic acids is 1. The molecule has 0 saturated carbocycles. The summed E-state index contributed by atoms with van der Waals surface area (Å²) in [6.45, 7) is 3.82. The summed E-state index contributed by atoms with van der Waals surface area (Å²) in [6.07, 6.45) is 3.24. The summed E-state index contributed by atoms with van der Waals surface area (Å²) < 4.78 is 13.1. The summed E-state index contributed by atoms with van der Waals surface area (Å²) in [5.74, 6) is -0.106. The second kappa shape index (κ2) is 8.09. The fourth-order valence-corrected chi connectivity index (χ4v) is 4.16. The van der Waals surface area contributed by atoms with Gasteiger partial charge in [0.15, 0.2) is 0 Å². The third-order valence-electron chi connectivity index (χ3n) is 5.64. The van der Waals surface area contributed by atoms with Crippen molar-refractivity contribution in [3.8, 4) is 0 Å². The minimum absolute atomic E-state index is 0.104. The molecule has 1 fully saturated rings. The lowest BCUT2D eigenvalue weighted by atomic mass is 9.88. The minimum atomic E-state index is -0.210. The lowest BCUT2D eigenvalue weighted by Gasteiger charge is -2.36. The molecule has 0 aromatic heterocycles. The third kappa shape index (κ3) is 4.30. The fourth-order valence-electron chi connectivity index (χ4n) is 4.16. The van der Waals surface area contributed by atoms with Gasteiger partial charge in [0.1, 0.15) is 5.82 Å². The molecule has 2 aliphatic rings. The number of piperazine rings is 1. The Balaban J connectivity index is 1.28. The number of hydrogen-bond acceptors (Lipinski definition) is 3. The SMILES string of the molecule is O=C(CN1CCN(c2ccc(F)cc2)CC1)NC1CCCc2ccccc21. The van der Waals surface area contributed by atoms with E-state index >= 15 is 0 Å². The van der Waals surface area contributed by atoms with E-state index in [4.69, 9.17) is 0 Å². The van der Waals surface area contributed by atoms with Crippen LogP contribution in [0.1, 0.15) is 30.0 Å². The van der Waals surface area contributed by atoms with E-state index in [2.05, 4.69) is 39.4 Å². The van der Waals surface area contributed by atoms with E-state index in [1.54, 1.807) is 0 Å². The molecule has 27 heavy (non-hydrogen) atoms. The molecule has 2 aromatic carbocycles. The average molecular weight is 367 g/mol. The predicted molar refractivity (Wildman–Crippen MR) is 105 cm³/mol. The van der Waals surface area contributed by atoms with Crippen molar-refractivity contribution >= 4 is 11.6 Å². The van der Waals surface area contributed by atoms with Crippen molar-refractivity contribution in [2.24, 2.45) is 0 Å². The highest BCUT2D eigenvalue weighted by Gasteiger charge is 2.24. The van der Waals surface area contributed by atoms with Crippen molar-refractivity contribution in [3.63, 3.8) is 0 Å². The summed E-state index contributed by atoms with van der Waals surface area (Å²) in [4.78, 5) is 17.0. The summed E-state index contributed by atoms with van der Waals surface area (Å²) in [7, 11) is 0. The number of nitrogens with zero attached hydrogens (tertiary/aromatic N) is 2. The van der Waals surface area contributed by atoms with Gasteiger partial charge in [-0.05, 0) is 54.7 Å². The average Bonchev–Trinajstić information content (AvgIpc) is 2.69. The molecular weight excluding hydrogens is 341 g/mol. The summed E-state index contributed by atoms with van der Waals surface area (Å²) in [6, 6.07) is 15.2. The molecule has 4 rings (SSSR count). The fraction of sp³-hybridized carbons (Fsp3) is 0.409. The molecule has 0 spiro atoms. The zero-order valence-electron chi connectivity index (χ0n) is 15.5. The van der Waals surface area contributed by atoms with Crippen molar-refractivity contribution in [1.82, 2.24) is 10.2 Å². The quantitative estimate of drug-likeness (QED) is 0.902. The Morgan fingerprint density at radius 3 is 2.56 bits per heavy atom. The number of halogens is 1. The van der Waals surface area contributed by atoms with Crippen LogP contribution in [0.3, 0.4) is 0 Å². The van der Waals surface area contributed by atoms with Gasteiger partial charge in [-0.1, -0.05) is 24.3 Å². The first kappa shape index (κ1) is 18.0. The number of benzene rings is 2. The molecule has 1 saturated heterocycles. The van der Waals surface area contributed by atoms with Crippen LogP contribution in [-0.2, 0) is 11.2 Å². The molecule has 1 atom stereocenters. The van der Waals surface area contributed by atoms with Gasteiger partial charge in [-0.15, -0.1) is 0 Å². The molecule has 1 amide bonds. The molecule has 0 bridgehead atoms. The smallest absolute Gasteiger partial charge is 0.234 e. The molecule has 1 heterocycles. The standard InChI is InChI=1S/C22H26FN3O/c23-18-8-10-19(11-9-18)26-14-12-25(13-15-26)16-22(27)24-21-7-3-5-17-4-1-2-6-20(17)21/h1-2,4,6,8-11,21H,3,5,7,12-16H2,(H,24,27). The van der Waals surface area contributed by atoms with E-state index in [0.29, 0.717) is 6.54 Å². The Kier molecular flexibility index (Phi) is 5.39. The maximum absolute atomic E-state index is 13.1. The van der Waals surface area contributed by atoms with Crippen LogP contribution in [0.4, 0.5) is 10.1 Å². The second-order valence-corrected chi connectivity index (χ2v) is 7.45. The van der Waals surface area contributed by atoms with Crippen LogP contribution in [0.5, 0.6) is 0 Å². The maximum atomic E-state index is 13.1. The van der Waals surface area contributed by atoms with E-state index in [1.165, 1.54) is 23.3 Å². The van der Waals surface area contributed by atoms with Crippen LogP contribution in [0.15, 0.2) is 48.5 Å². The number of carbonyl (C=O) groups is 1. The number of anilines is 1. The van der Waals surface area contributed by atoms with Crippen LogP contribution in [-0.4, -0.2) is 43.5 Å². The Labute approximate surface area is 160 Å². The van der Waals surface area contributed by atoms with Crippen LogP contribution in [0, 0.1) is 5.82 Å². The van der Waals surface area contributed by atoms with Gasteiger partial charge in [0.2, 0.25) is 5.91 Å². The molecule has 142 valence electrons. The van der Waals surface area contributed by atoms with Crippen molar-refractivity contribution in [2.45, 2.75) is 25.3 Å². The maximum Gasteiger partial charge on any atom is 0.234 e. The van der Waals surface area contributed by atoms with Gasteiger partial charge in [-0.3, -0.25) is 9.69 Å². The molecule has 5 heteroatoms. The Hall–Kier alpha value is -2.40. The Morgan fingerprint density at radius 1 is 1.04 bits per heavy atom. The normalized spacial score (nSPS) is 20.2. The topological polar surface area (TPSA) is 35.6 Å². The van der Waals surface area contributed by atoms with E-state index in [1.807, 2.05) is 12.1 Å². The first-order valence-corrected chi connectivity index (χ1v) is 9.79. The van der Waals surface area contributed by atoms with E-state index < -0.39 is 0 Å². The van der Waals surface area contributed by atoms with Gasteiger partial charge in [0.05, 0.1) is 12.6 Å². The summed E-state index contributed by atoms with van der Waals surface area (Å²) >= 11 is 0. The van der Waals surface area contributed by atoms with Crippen molar-refractivity contribution in [2.75, 3.05) is 37.6 Å². The summed E-state index contributed by atoms with van der Waals surface area (Å²) in [5.41, 5.74) is 3.68. The van der Waals surface area contributed by atoms with Gasteiger partial charge in [-0.2, -0.15) is 0 Å². The minimum Gasteiger partial charge on any atom is -0.369 e. The Bertz CT molecular complexity index is 784. The largest absolute Gasteiger partial charge is 0.369 e. The number of hydrogen-bond donors (Lipinski definition) is 1. The molecule has 2 aromatic rings. The predicted octanol–water partition coefficient (Wildman–Crippen LogP) is 3.14. The number of rotatable bonds is 4.